The van der Waals surface area contributed by atoms with E-state index < -0.39 is 23.9 Å². The normalized spacial score (nSPS) is 16.8. The number of carboxylic acid groups (broad SMARTS) is 1. The van der Waals surface area contributed by atoms with Crippen LogP contribution >= 0.6 is 0 Å². The van der Waals surface area contributed by atoms with E-state index in [4.69, 9.17) is 15.6 Å². The molecule has 2 heterocycles. The lowest BCUT2D eigenvalue weighted by Crippen LogP contribution is -2.43. The van der Waals surface area contributed by atoms with Crippen LogP contribution in [0.15, 0.2) is 30.5 Å². The lowest BCUT2D eigenvalue weighted by Gasteiger charge is -2.31. The summed E-state index contributed by atoms with van der Waals surface area (Å²) in [5, 5.41) is 16.9. The Morgan fingerprint density at radius 2 is 1.80 bits per heavy atom. The van der Waals surface area contributed by atoms with Crippen LogP contribution in [-0.2, 0) is 22.3 Å². The molecule has 2 aromatic rings. The van der Waals surface area contributed by atoms with Crippen molar-refractivity contribution < 1.29 is 41.0 Å². The number of nitrogens with one attached hydrogen (secondary N) is 2. The number of hydrogen-bond donors (Lipinski definition) is 4. The standard InChI is InChI=1S/C19H24F3N5O.C2HF3O2/c20-19(21,22)16-5-3-13(4-6-16)17-15(10-25-26-17)12-27-9-1-2-14(11-27)18(28)24-8-7-23;3-2(4,5)1(6)7/h3-6,10,14H,1-2,7-9,11-12,23H2,(H,24,28)(H,25,26);(H,6,7). The fourth-order valence-electron chi connectivity index (χ4n) is 3.50. The molecule has 0 aliphatic carbocycles. The molecule has 1 unspecified atom stereocenters. The van der Waals surface area contributed by atoms with E-state index in [2.05, 4.69) is 20.4 Å². The molecule has 1 aromatic carbocycles. The highest BCUT2D eigenvalue weighted by molar-refractivity contribution is 5.79. The van der Waals surface area contributed by atoms with Gasteiger partial charge in [-0.25, -0.2) is 4.79 Å². The van der Waals surface area contributed by atoms with Gasteiger partial charge in [0.2, 0.25) is 5.91 Å². The summed E-state index contributed by atoms with van der Waals surface area (Å²) in [5.74, 6) is -2.82. The quantitative estimate of drug-likeness (QED) is 0.444. The Morgan fingerprint density at radius 1 is 1.17 bits per heavy atom. The van der Waals surface area contributed by atoms with Crippen LogP contribution in [0.25, 0.3) is 11.3 Å². The first-order chi connectivity index (χ1) is 16.3. The number of rotatable bonds is 6. The minimum absolute atomic E-state index is 0.0188. The number of aromatic nitrogens is 2. The van der Waals surface area contributed by atoms with Gasteiger partial charge < -0.3 is 16.2 Å². The molecule has 8 nitrogen and oxygen atoms in total. The average Bonchev–Trinajstić information content (AvgIpc) is 3.25. The third-order valence-electron chi connectivity index (χ3n) is 5.18. The van der Waals surface area contributed by atoms with Gasteiger partial charge in [-0.2, -0.15) is 31.4 Å². The zero-order chi connectivity index (χ0) is 26.2. The number of carboxylic acids is 1. The zero-order valence-corrected chi connectivity index (χ0v) is 18.4. The molecule has 1 aliphatic heterocycles. The number of aliphatic carboxylic acids is 1. The number of carbonyl (C=O) groups excluding carboxylic acids is 1. The molecule has 1 amide bonds. The number of aromatic amines is 1. The number of likely N-dealkylation sites (tertiary alicyclic amines) is 1. The van der Waals surface area contributed by atoms with Gasteiger partial charge in [-0.1, -0.05) is 12.1 Å². The molecule has 1 aliphatic rings. The van der Waals surface area contributed by atoms with Crippen molar-refractivity contribution in [3.05, 3.63) is 41.6 Å². The molecule has 14 heteroatoms. The second-order valence-electron chi connectivity index (χ2n) is 7.80. The molecule has 0 radical (unpaired) electrons. The number of nitrogens with zero attached hydrogens (tertiary/aromatic N) is 2. The van der Waals surface area contributed by atoms with E-state index in [1.165, 1.54) is 12.1 Å². The minimum atomic E-state index is -5.08. The minimum Gasteiger partial charge on any atom is -0.475 e. The van der Waals surface area contributed by atoms with Crippen molar-refractivity contribution in [1.29, 1.82) is 0 Å². The zero-order valence-electron chi connectivity index (χ0n) is 18.4. The van der Waals surface area contributed by atoms with Gasteiger partial charge in [-0.3, -0.25) is 14.8 Å². The van der Waals surface area contributed by atoms with Crippen LogP contribution in [-0.4, -0.2) is 64.4 Å². The summed E-state index contributed by atoms with van der Waals surface area (Å²) in [5.41, 5.74) is 6.99. The first-order valence-corrected chi connectivity index (χ1v) is 10.5. The van der Waals surface area contributed by atoms with E-state index >= 15 is 0 Å². The number of benzene rings is 1. The van der Waals surface area contributed by atoms with Gasteiger partial charge in [0.25, 0.3) is 0 Å². The maximum atomic E-state index is 12.8. The van der Waals surface area contributed by atoms with Crippen LogP contribution < -0.4 is 11.1 Å². The van der Waals surface area contributed by atoms with Gasteiger partial charge in [0.05, 0.1) is 23.4 Å². The predicted molar refractivity (Wildman–Crippen MR) is 113 cm³/mol. The molecule has 1 fully saturated rings. The predicted octanol–water partition coefficient (Wildman–Crippen LogP) is 3.02. The highest BCUT2D eigenvalue weighted by Crippen LogP contribution is 2.31. The summed E-state index contributed by atoms with van der Waals surface area (Å²) in [6.45, 7) is 2.95. The highest BCUT2D eigenvalue weighted by Gasteiger charge is 2.38. The van der Waals surface area contributed by atoms with E-state index in [0.29, 0.717) is 37.4 Å². The van der Waals surface area contributed by atoms with Gasteiger partial charge in [-0.15, -0.1) is 0 Å². The van der Waals surface area contributed by atoms with Gasteiger partial charge in [0.1, 0.15) is 0 Å². The topological polar surface area (TPSA) is 124 Å². The molecule has 0 saturated carbocycles. The second kappa shape index (κ2) is 12.0. The van der Waals surface area contributed by atoms with Crippen molar-refractivity contribution >= 4 is 11.9 Å². The van der Waals surface area contributed by atoms with Crippen molar-refractivity contribution in [3.8, 4) is 11.3 Å². The van der Waals surface area contributed by atoms with Crippen molar-refractivity contribution in [2.24, 2.45) is 11.7 Å². The van der Waals surface area contributed by atoms with Crippen molar-refractivity contribution in [2.45, 2.75) is 31.7 Å². The monoisotopic (exact) mass is 509 g/mol. The average molecular weight is 509 g/mol. The lowest BCUT2D eigenvalue weighted by atomic mass is 9.96. The first kappa shape index (κ1) is 28.1. The van der Waals surface area contributed by atoms with E-state index in [0.717, 1.165) is 37.1 Å². The Labute approximate surface area is 196 Å². The van der Waals surface area contributed by atoms with Crippen LogP contribution in [0.3, 0.4) is 0 Å². The van der Waals surface area contributed by atoms with Crippen molar-refractivity contribution in [1.82, 2.24) is 20.4 Å². The summed E-state index contributed by atoms with van der Waals surface area (Å²) in [6, 6.07) is 5.02. The maximum absolute atomic E-state index is 12.8. The Hall–Kier alpha value is -3.13. The summed E-state index contributed by atoms with van der Waals surface area (Å²) in [4.78, 5) is 23.3. The number of hydrogen-bond acceptors (Lipinski definition) is 5. The van der Waals surface area contributed by atoms with Crippen molar-refractivity contribution in [2.75, 3.05) is 26.2 Å². The number of piperidine rings is 1. The number of amides is 1. The van der Waals surface area contributed by atoms with Crippen LogP contribution in [0.4, 0.5) is 26.3 Å². The fraction of sp³-hybridized carbons (Fsp3) is 0.476. The SMILES string of the molecule is NCCNC(=O)C1CCCN(Cc2cn[nH]c2-c2ccc(C(F)(F)F)cc2)C1.O=C(O)C(F)(F)F. The third kappa shape index (κ3) is 8.55. The molecule has 1 saturated heterocycles. The van der Waals surface area contributed by atoms with E-state index in [-0.39, 0.29) is 11.8 Å². The van der Waals surface area contributed by atoms with E-state index in [9.17, 15) is 31.1 Å². The summed E-state index contributed by atoms with van der Waals surface area (Å²) < 4.78 is 70.0. The molecule has 0 spiro atoms. The van der Waals surface area contributed by atoms with Crippen LogP contribution in [0, 0.1) is 5.92 Å². The maximum Gasteiger partial charge on any atom is 0.490 e. The summed E-state index contributed by atoms with van der Waals surface area (Å²) in [7, 11) is 0. The molecule has 35 heavy (non-hydrogen) atoms. The van der Waals surface area contributed by atoms with Crippen molar-refractivity contribution in [3.63, 3.8) is 0 Å². The number of halogens is 6. The first-order valence-electron chi connectivity index (χ1n) is 10.5. The van der Waals surface area contributed by atoms with E-state index in [1.807, 2.05) is 0 Å². The Morgan fingerprint density at radius 3 is 2.34 bits per heavy atom. The largest absolute Gasteiger partial charge is 0.490 e. The van der Waals surface area contributed by atoms with Crippen LogP contribution in [0.5, 0.6) is 0 Å². The van der Waals surface area contributed by atoms with Gasteiger partial charge in [-0.05, 0) is 37.1 Å². The fourth-order valence-corrected chi connectivity index (χ4v) is 3.50. The number of carbonyl (C=O) groups is 2. The molecule has 1 aromatic heterocycles. The molecule has 3 rings (SSSR count). The molecule has 1 atom stereocenters. The Kier molecular flexibility index (Phi) is 9.65. The molecule has 0 bridgehead atoms. The summed E-state index contributed by atoms with van der Waals surface area (Å²) >= 11 is 0. The van der Waals surface area contributed by atoms with Gasteiger partial charge in [0.15, 0.2) is 0 Å². The smallest absolute Gasteiger partial charge is 0.475 e. The molecule has 5 N–H and O–H groups in total. The molecular weight excluding hydrogens is 484 g/mol. The Bertz CT molecular complexity index is 975. The second-order valence-corrected chi connectivity index (χ2v) is 7.80. The number of nitrogens with two attached hydrogens (primary N) is 1. The Balaban J connectivity index is 0.000000540. The number of alkyl halides is 6. The van der Waals surface area contributed by atoms with Crippen LogP contribution in [0.2, 0.25) is 0 Å². The lowest BCUT2D eigenvalue weighted by molar-refractivity contribution is -0.192. The molecule has 194 valence electrons. The van der Waals surface area contributed by atoms with E-state index in [1.54, 1.807) is 6.20 Å². The summed E-state index contributed by atoms with van der Waals surface area (Å²) in [6.07, 6.45) is -6.01. The van der Waals surface area contributed by atoms with Gasteiger partial charge in [0, 0.05) is 31.7 Å². The third-order valence-corrected chi connectivity index (χ3v) is 5.18. The highest BCUT2D eigenvalue weighted by atomic mass is 19.4. The van der Waals surface area contributed by atoms with Crippen LogP contribution in [0.1, 0.15) is 24.0 Å². The molecular formula is C21H25F6N5O3. The number of H-pyrrole nitrogens is 1. The van der Waals surface area contributed by atoms with Gasteiger partial charge >= 0.3 is 18.3 Å².